The molecule has 0 amide bonds. The van der Waals surface area contributed by atoms with Crippen LogP contribution >= 0.6 is 22.6 Å². The van der Waals surface area contributed by atoms with Crippen LogP contribution in [-0.4, -0.2) is 14.5 Å². The third-order valence-corrected chi connectivity index (χ3v) is 2.70. The second-order valence-corrected chi connectivity index (χ2v) is 4.02. The SMILES string of the molecule is Cc1nc([N+](=O)[O-])c(I)n1C(C)C. The molecule has 1 aromatic rings. The second kappa shape index (κ2) is 3.60. The summed E-state index contributed by atoms with van der Waals surface area (Å²) in [4.78, 5) is 14.0. The van der Waals surface area contributed by atoms with Crippen LogP contribution in [0.25, 0.3) is 0 Å². The molecule has 0 spiro atoms. The van der Waals surface area contributed by atoms with Gasteiger partial charge in [0.1, 0.15) is 0 Å². The van der Waals surface area contributed by atoms with Gasteiger partial charge in [-0.05, 0) is 46.3 Å². The molecule has 0 unspecified atom stereocenters. The zero-order chi connectivity index (χ0) is 10.2. The molecule has 0 saturated heterocycles. The molecule has 0 bridgehead atoms. The molecule has 0 aliphatic heterocycles. The largest absolute Gasteiger partial charge is 0.395 e. The number of aromatic nitrogens is 2. The minimum atomic E-state index is -0.451. The van der Waals surface area contributed by atoms with Crippen molar-refractivity contribution in [1.82, 2.24) is 9.55 Å². The number of aryl methyl sites for hydroxylation is 1. The maximum atomic E-state index is 10.5. The van der Waals surface area contributed by atoms with Crippen LogP contribution in [0.3, 0.4) is 0 Å². The monoisotopic (exact) mass is 295 g/mol. The number of hydrogen-bond donors (Lipinski definition) is 0. The van der Waals surface area contributed by atoms with Gasteiger partial charge in [0.05, 0.1) is 0 Å². The van der Waals surface area contributed by atoms with E-state index in [-0.39, 0.29) is 11.9 Å². The predicted octanol–water partition coefficient (Wildman–Crippen LogP) is 2.29. The Hall–Kier alpha value is -0.660. The van der Waals surface area contributed by atoms with Crippen molar-refractivity contribution in [2.45, 2.75) is 26.8 Å². The first-order chi connectivity index (χ1) is 5.95. The fourth-order valence-corrected chi connectivity index (χ4v) is 2.44. The van der Waals surface area contributed by atoms with Gasteiger partial charge < -0.3 is 10.1 Å². The van der Waals surface area contributed by atoms with E-state index in [9.17, 15) is 10.1 Å². The van der Waals surface area contributed by atoms with Gasteiger partial charge in [0.25, 0.3) is 0 Å². The van der Waals surface area contributed by atoms with Crippen molar-refractivity contribution in [3.63, 3.8) is 0 Å². The highest BCUT2D eigenvalue weighted by atomic mass is 127. The lowest BCUT2D eigenvalue weighted by Gasteiger charge is -2.07. The molecule has 72 valence electrons. The van der Waals surface area contributed by atoms with Crippen molar-refractivity contribution in [2.75, 3.05) is 0 Å². The lowest BCUT2D eigenvalue weighted by atomic mass is 10.4. The summed E-state index contributed by atoms with van der Waals surface area (Å²) in [6.45, 7) is 5.72. The standard InChI is InChI=1S/C7H10IN3O2/c1-4(2)10-5(3)9-7(6(10)8)11(12)13/h4H,1-3H3. The Bertz CT molecular complexity index is 346. The topological polar surface area (TPSA) is 61.0 Å². The van der Waals surface area contributed by atoms with E-state index in [0.717, 1.165) is 0 Å². The van der Waals surface area contributed by atoms with Crippen molar-refractivity contribution in [3.8, 4) is 0 Å². The fourth-order valence-electron chi connectivity index (χ4n) is 1.22. The van der Waals surface area contributed by atoms with Gasteiger partial charge >= 0.3 is 5.82 Å². The Morgan fingerprint density at radius 1 is 1.62 bits per heavy atom. The van der Waals surface area contributed by atoms with Crippen molar-refractivity contribution in [2.24, 2.45) is 0 Å². The van der Waals surface area contributed by atoms with E-state index in [0.29, 0.717) is 9.53 Å². The predicted molar refractivity (Wildman–Crippen MR) is 56.7 cm³/mol. The molecule has 0 saturated carbocycles. The average molecular weight is 295 g/mol. The van der Waals surface area contributed by atoms with Crippen molar-refractivity contribution >= 4 is 28.4 Å². The molecule has 5 nitrogen and oxygen atoms in total. The summed E-state index contributed by atoms with van der Waals surface area (Å²) in [5, 5.41) is 10.5. The Kier molecular flexibility index (Phi) is 2.89. The molecule has 6 heteroatoms. The van der Waals surface area contributed by atoms with Crippen LogP contribution in [0, 0.1) is 20.7 Å². The molecule has 1 rings (SSSR count). The summed E-state index contributed by atoms with van der Waals surface area (Å²) in [5.74, 6) is 0.637. The van der Waals surface area contributed by atoms with Crippen molar-refractivity contribution < 1.29 is 4.92 Å². The molecular formula is C7H10IN3O2. The van der Waals surface area contributed by atoms with Crippen LogP contribution in [0.5, 0.6) is 0 Å². The van der Waals surface area contributed by atoms with Crippen LogP contribution in [-0.2, 0) is 0 Å². The van der Waals surface area contributed by atoms with Crippen LogP contribution in [0.15, 0.2) is 0 Å². The Labute approximate surface area is 89.4 Å². The number of imidazole rings is 1. The summed E-state index contributed by atoms with van der Waals surface area (Å²) < 4.78 is 2.44. The van der Waals surface area contributed by atoms with Gasteiger partial charge in [0, 0.05) is 13.0 Å². The average Bonchev–Trinajstić information content (AvgIpc) is 2.26. The molecule has 0 aliphatic rings. The van der Waals surface area contributed by atoms with Crippen molar-refractivity contribution in [3.05, 3.63) is 19.6 Å². The van der Waals surface area contributed by atoms with E-state index < -0.39 is 4.92 Å². The summed E-state index contributed by atoms with van der Waals surface area (Å²) in [5.41, 5.74) is 0. The molecule has 0 radical (unpaired) electrons. The van der Waals surface area contributed by atoms with Gasteiger partial charge in [-0.25, -0.2) is 0 Å². The van der Waals surface area contributed by atoms with Gasteiger partial charge in [0.15, 0.2) is 3.70 Å². The summed E-state index contributed by atoms with van der Waals surface area (Å²) in [6, 6.07) is 0.202. The number of nitrogens with zero attached hydrogens (tertiary/aromatic N) is 3. The third-order valence-electron chi connectivity index (χ3n) is 1.70. The highest BCUT2D eigenvalue weighted by Gasteiger charge is 2.24. The van der Waals surface area contributed by atoms with E-state index >= 15 is 0 Å². The molecular weight excluding hydrogens is 285 g/mol. The molecule has 0 aliphatic carbocycles. The quantitative estimate of drug-likeness (QED) is 0.478. The Morgan fingerprint density at radius 3 is 2.38 bits per heavy atom. The van der Waals surface area contributed by atoms with Crippen LogP contribution < -0.4 is 0 Å². The highest BCUT2D eigenvalue weighted by molar-refractivity contribution is 14.1. The molecule has 0 aromatic carbocycles. The first kappa shape index (κ1) is 10.4. The van der Waals surface area contributed by atoms with Gasteiger partial charge in [-0.1, -0.05) is 0 Å². The van der Waals surface area contributed by atoms with E-state index in [1.54, 1.807) is 6.92 Å². The summed E-state index contributed by atoms with van der Waals surface area (Å²) in [6.07, 6.45) is 0. The Balaban J connectivity index is 3.30. The Morgan fingerprint density at radius 2 is 2.15 bits per heavy atom. The summed E-state index contributed by atoms with van der Waals surface area (Å²) in [7, 11) is 0. The first-order valence-electron chi connectivity index (χ1n) is 3.84. The van der Waals surface area contributed by atoms with Crippen LogP contribution in [0.1, 0.15) is 25.7 Å². The lowest BCUT2D eigenvalue weighted by Crippen LogP contribution is -2.05. The molecule has 0 atom stereocenters. The maximum Gasteiger partial charge on any atom is 0.395 e. The fraction of sp³-hybridized carbons (Fsp3) is 0.571. The first-order valence-corrected chi connectivity index (χ1v) is 4.91. The number of rotatable bonds is 2. The number of nitro groups is 1. The molecule has 0 fully saturated rings. The number of halogens is 1. The van der Waals surface area contributed by atoms with Gasteiger partial charge in [-0.15, -0.1) is 0 Å². The smallest absolute Gasteiger partial charge is 0.358 e. The van der Waals surface area contributed by atoms with Crippen LogP contribution in [0.4, 0.5) is 5.82 Å². The third kappa shape index (κ3) is 1.82. The van der Waals surface area contributed by atoms with E-state index in [2.05, 4.69) is 4.98 Å². The molecule has 0 N–H and O–H groups in total. The maximum absolute atomic E-state index is 10.5. The number of hydrogen-bond acceptors (Lipinski definition) is 3. The normalized spacial score (nSPS) is 10.8. The highest BCUT2D eigenvalue weighted by Crippen LogP contribution is 2.24. The van der Waals surface area contributed by atoms with E-state index in [1.165, 1.54) is 0 Å². The molecule has 1 aromatic heterocycles. The van der Waals surface area contributed by atoms with Crippen molar-refractivity contribution in [1.29, 1.82) is 0 Å². The minimum absolute atomic E-state index is 0.0493. The van der Waals surface area contributed by atoms with Gasteiger partial charge in [-0.3, -0.25) is 4.57 Å². The second-order valence-electron chi connectivity index (χ2n) is 2.99. The van der Waals surface area contributed by atoms with E-state index in [4.69, 9.17) is 0 Å². The van der Waals surface area contributed by atoms with E-state index in [1.807, 2.05) is 41.0 Å². The zero-order valence-corrected chi connectivity index (χ0v) is 9.77. The summed E-state index contributed by atoms with van der Waals surface area (Å²) >= 11 is 1.95. The van der Waals surface area contributed by atoms with Crippen LogP contribution in [0.2, 0.25) is 0 Å². The minimum Gasteiger partial charge on any atom is -0.358 e. The van der Waals surface area contributed by atoms with Gasteiger partial charge in [-0.2, -0.15) is 0 Å². The molecule has 13 heavy (non-hydrogen) atoms. The lowest BCUT2D eigenvalue weighted by molar-refractivity contribution is -0.390. The van der Waals surface area contributed by atoms with Gasteiger partial charge in [0.2, 0.25) is 5.82 Å². The molecule has 1 heterocycles. The zero-order valence-electron chi connectivity index (χ0n) is 7.61.